The molecule has 0 aliphatic carbocycles. The van der Waals surface area contributed by atoms with Crippen molar-refractivity contribution in [3.8, 4) is 0 Å². The number of carbonyl (C=O) groups is 2. The lowest BCUT2D eigenvalue weighted by Crippen LogP contribution is -2.44. The van der Waals surface area contributed by atoms with E-state index in [1.54, 1.807) is 0 Å². The molecule has 3 N–H and O–H groups in total. The van der Waals surface area contributed by atoms with Crippen LogP contribution in [0.2, 0.25) is 0 Å². The predicted octanol–water partition coefficient (Wildman–Crippen LogP) is 8.30. The van der Waals surface area contributed by atoms with Gasteiger partial charge in [-0.25, -0.2) is 0 Å². The summed E-state index contributed by atoms with van der Waals surface area (Å²) in [4.78, 5) is 24.8. The van der Waals surface area contributed by atoms with Crippen LogP contribution in [-0.2, 0) is 19.1 Å². The van der Waals surface area contributed by atoms with Crippen molar-refractivity contribution in [1.82, 2.24) is 16.0 Å². The molecule has 256 valence electrons. The zero-order valence-electron chi connectivity index (χ0n) is 29.8. The standard InChI is InChI=1S/C37H69N3O4/c1-9-11-12-13-14-15-16-17-18-19-20-21-22-23-24-25-34(42)40-35(3,4)29-31-43-37(7,8)28-30-39-33(41)26-27-36(5,6)44-32-38-10-2/h11-12,14-15,17-18,38H,9-10,13,16,19-32H2,1-8H3,(H,39,41)(H,40,42)/b12-11-,15-14-,18-17-. The van der Waals surface area contributed by atoms with Crippen LogP contribution in [0.25, 0.3) is 0 Å². The third-order valence-corrected chi connectivity index (χ3v) is 7.57. The van der Waals surface area contributed by atoms with Gasteiger partial charge in [-0.15, -0.1) is 0 Å². The molecule has 0 fully saturated rings. The molecule has 0 heterocycles. The molecule has 0 aliphatic heterocycles. The summed E-state index contributed by atoms with van der Waals surface area (Å²) in [6, 6.07) is 0. The molecule has 0 bridgehead atoms. The highest BCUT2D eigenvalue weighted by Gasteiger charge is 2.24. The largest absolute Gasteiger partial charge is 0.375 e. The minimum atomic E-state index is -0.361. The molecule has 0 spiro atoms. The van der Waals surface area contributed by atoms with Gasteiger partial charge in [-0.2, -0.15) is 0 Å². The Morgan fingerprint density at radius 3 is 1.95 bits per heavy atom. The summed E-state index contributed by atoms with van der Waals surface area (Å²) in [5.41, 5.74) is -1.03. The van der Waals surface area contributed by atoms with Crippen molar-refractivity contribution >= 4 is 11.8 Å². The summed E-state index contributed by atoms with van der Waals surface area (Å²) in [6.07, 6.45) is 26.5. The average molecular weight is 620 g/mol. The number of hydrogen-bond donors (Lipinski definition) is 3. The molecule has 44 heavy (non-hydrogen) atoms. The first-order valence-corrected chi connectivity index (χ1v) is 17.3. The van der Waals surface area contributed by atoms with Crippen molar-refractivity contribution < 1.29 is 19.1 Å². The monoisotopic (exact) mass is 620 g/mol. The molecule has 0 aliphatic rings. The minimum Gasteiger partial charge on any atom is -0.375 e. The Bertz CT molecular complexity index is 831. The number of hydrogen-bond acceptors (Lipinski definition) is 5. The maximum atomic E-state index is 12.5. The van der Waals surface area contributed by atoms with Gasteiger partial charge in [0.1, 0.15) is 0 Å². The first-order chi connectivity index (χ1) is 20.8. The summed E-state index contributed by atoms with van der Waals surface area (Å²) in [6.45, 7) is 18.9. The van der Waals surface area contributed by atoms with Gasteiger partial charge in [-0.05, 0) is 106 Å². The molecule has 0 radical (unpaired) electrons. The zero-order chi connectivity index (χ0) is 33.2. The average Bonchev–Trinajstić information content (AvgIpc) is 2.93. The number of rotatable bonds is 28. The Kier molecular flexibility index (Phi) is 24.1. The number of unbranched alkanes of at least 4 members (excludes halogenated alkanes) is 5. The Hall–Kier alpha value is -1.96. The van der Waals surface area contributed by atoms with Gasteiger partial charge < -0.3 is 20.1 Å². The molecular formula is C37H69N3O4. The summed E-state index contributed by atoms with van der Waals surface area (Å²) >= 11 is 0. The molecule has 0 atom stereocenters. The third-order valence-electron chi connectivity index (χ3n) is 7.57. The van der Waals surface area contributed by atoms with E-state index in [1.165, 1.54) is 19.3 Å². The van der Waals surface area contributed by atoms with Crippen LogP contribution in [0.1, 0.15) is 145 Å². The molecule has 0 aromatic heterocycles. The molecule has 7 nitrogen and oxygen atoms in total. The van der Waals surface area contributed by atoms with Gasteiger partial charge in [-0.3, -0.25) is 14.9 Å². The maximum Gasteiger partial charge on any atom is 0.220 e. The van der Waals surface area contributed by atoms with E-state index < -0.39 is 0 Å². The van der Waals surface area contributed by atoms with Gasteiger partial charge in [0.05, 0.1) is 17.9 Å². The highest BCUT2D eigenvalue weighted by atomic mass is 16.5. The van der Waals surface area contributed by atoms with Crippen LogP contribution in [0.5, 0.6) is 0 Å². The normalized spacial score (nSPS) is 13.0. The number of ether oxygens (including phenoxy) is 2. The van der Waals surface area contributed by atoms with Crippen molar-refractivity contribution in [2.75, 3.05) is 26.4 Å². The summed E-state index contributed by atoms with van der Waals surface area (Å²) in [5, 5.41) is 9.34. The van der Waals surface area contributed by atoms with E-state index in [2.05, 4.69) is 73.2 Å². The molecule has 7 heteroatoms. The SMILES string of the molecule is CC/C=C\C/C=C\C/C=C\CCCCCCCC(=O)NC(C)(C)CCOC(C)(C)CCNC(=O)CCC(C)(C)OCNCC. The van der Waals surface area contributed by atoms with Crippen LogP contribution in [0, 0.1) is 0 Å². The fraction of sp³-hybridized carbons (Fsp3) is 0.784. The first-order valence-electron chi connectivity index (χ1n) is 17.3. The third kappa shape index (κ3) is 27.6. The number of amides is 2. The van der Waals surface area contributed by atoms with Gasteiger partial charge in [0, 0.05) is 31.5 Å². The number of allylic oxidation sites excluding steroid dienone is 6. The Labute approximate surface area is 271 Å². The van der Waals surface area contributed by atoms with Crippen LogP contribution < -0.4 is 16.0 Å². The van der Waals surface area contributed by atoms with Gasteiger partial charge in [-0.1, -0.05) is 69.6 Å². The molecule has 0 unspecified atom stereocenters. The lowest BCUT2D eigenvalue weighted by molar-refractivity contribution is -0.123. The molecule has 0 aromatic rings. The fourth-order valence-electron chi connectivity index (χ4n) is 4.49. The zero-order valence-corrected chi connectivity index (χ0v) is 29.8. The van der Waals surface area contributed by atoms with Crippen LogP contribution >= 0.6 is 0 Å². The minimum absolute atomic E-state index is 0.0345. The van der Waals surface area contributed by atoms with E-state index in [4.69, 9.17) is 9.47 Å². The topological polar surface area (TPSA) is 88.7 Å². The van der Waals surface area contributed by atoms with Gasteiger partial charge in [0.25, 0.3) is 0 Å². The lowest BCUT2D eigenvalue weighted by atomic mass is 9.99. The molecule has 0 saturated heterocycles. The molecular weight excluding hydrogens is 550 g/mol. The second kappa shape index (κ2) is 25.3. The van der Waals surface area contributed by atoms with Crippen LogP contribution in [-0.4, -0.2) is 55.0 Å². The number of carbonyl (C=O) groups excluding carboxylic acids is 2. The van der Waals surface area contributed by atoms with Gasteiger partial charge in [0.2, 0.25) is 11.8 Å². The molecule has 0 rings (SSSR count). The van der Waals surface area contributed by atoms with E-state index in [0.717, 1.165) is 57.9 Å². The van der Waals surface area contributed by atoms with E-state index in [0.29, 0.717) is 39.1 Å². The van der Waals surface area contributed by atoms with E-state index in [-0.39, 0.29) is 28.6 Å². The van der Waals surface area contributed by atoms with Crippen LogP contribution in [0.3, 0.4) is 0 Å². The molecule has 0 saturated carbocycles. The first kappa shape index (κ1) is 42.0. The number of nitrogens with one attached hydrogen (secondary N) is 3. The van der Waals surface area contributed by atoms with E-state index in [1.807, 2.05) is 34.6 Å². The summed E-state index contributed by atoms with van der Waals surface area (Å²) < 4.78 is 11.9. The second-order valence-corrected chi connectivity index (χ2v) is 13.6. The Morgan fingerprint density at radius 1 is 0.659 bits per heavy atom. The van der Waals surface area contributed by atoms with Crippen molar-refractivity contribution in [1.29, 1.82) is 0 Å². The Morgan fingerprint density at radius 2 is 1.27 bits per heavy atom. The highest BCUT2D eigenvalue weighted by Crippen LogP contribution is 2.19. The summed E-state index contributed by atoms with van der Waals surface area (Å²) in [5.74, 6) is 0.153. The molecule has 0 aromatic carbocycles. The van der Waals surface area contributed by atoms with E-state index in [9.17, 15) is 9.59 Å². The van der Waals surface area contributed by atoms with Crippen molar-refractivity contribution in [3.63, 3.8) is 0 Å². The highest BCUT2D eigenvalue weighted by molar-refractivity contribution is 5.76. The second-order valence-electron chi connectivity index (χ2n) is 13.6. The van der Waals surface area contributed by atoms with Crippen LogP contribution in [0.15, 0.2) is 36.5 Å². The van der Waals surface area contributed by atoms with Crippen molar-refractivity contribution in [3.05, 3.63) is 36.5 Å². The van der Waals surface area contributed by atoms with Crippen molar-refractivity contribution in [2.45, 2.75) is 162 Å². The van der Waals surface area contributed by atoms with Gasteiger partial charge in [0.15, 0.2) is 0 Å². The Balaban J connectivity index is 3.96. The van der Waals surface area contributed by atoms with E-state index >= 15 is 0 Å². The van der Waals surface area contributed by atoms with Crippen molar-refractivity contribution in [2.24, 2.45) is 0 Å². The molecule has 2 amide bonds. The fourth-order valence-corrected chi connectivity index (χ4v) is 4.49. The van der Waals surface area contributed by atoms with Gasteiger partial charge >= 0.3 is 0 Å². The lowest BCUT2D eigenvalue weighted by Gasteiger charge is -2.30. The smallest absolute Gasteiger partial charge is 0.220 e. The summed E-state index contributed by atoms with van der Waals surface area (Å²) in [7, 11) is 0. The predicted molar refractivity (Wildman–Crippen MR) is 187 cm³/mol. The maximum absolute atomic E-state index is 12.5. The quantitative estimate of drug-likeness (QED) is 0.0466. The van der Waals surface area contributed by atoms with Crippen LogP contribution in [0.4, 0.5) is 0 Å².